The van der Waals surface area contributed by atoms with Gasteiger partial charge in [-0.15, -0.1) is 6.58 Å². The molecule has 42 heavy (non-hydrogen) atoms. The fraction of sp³-hybridized carbons (Fsp3) is 0.382. The Morgan fingerprint density at radius 2 is 1.48 bits per heavy atom. The number of carbonyl (C=O) groups excluding carboxylic acids is 1. The third-order valence-corrected chi connectivity index (χ3v) is 7.58. The molecule has 0 aromatic heterocycles. The third kappa shape index (κ3) is 7.52. The number of ether oxygens (including phenoxy) is 3. The number of hydrogen-bond donors (Lipinski definition) is 0. The summed E-state index contributed by atoms with van der Waals surface area (Å²) in [7, 11) is 0. The van der Waals surface area contributed by atoms with Gasteiger partial charge in [0, 0.05) is 5.56 Å². The number of esters is 1. The molecule has 0 radical (unpaired) electrons. The van der Waals surface area contributed by atoms with E-state index in [9.17, 15) is 13.6 Å². The molecule has 0 bridgehead atoms. The van der Waals surface area contributed by atoms with Gasteiger partial charge >= 0.3 is 5.97 Å². The molecular formula is C34H36F4O4. The summed E-state index contributed by atoms with van der Waals surface area (Å²) in [6, 6.07) is 12.5. The molecule has 4 nitrogen and oxygen atoms in total. The largest absolute Gasteiger partial charge is 0.494 e. The van der Waals surface area contributed by atoms with E-state index in [-0.39, 0.29) is 29.4 Å². The number of allylic oxidation sites excluding steroid dienone is 1. The Kier molecular flexibility index (Phi) is 11.0. The lowest BCUT2D eigenvalue weighted by molar-refractivity contribution is -0.140. The second-order valence-electron chi connectivity index (χ2n) is 10.5. The van der Waals surface area contributed by atoms with Crippen LogP contribution in [0.1, 0.15) is 69.8 Å². The fourth-order valence-corrected chi connectivity index (χ4v) is 5.11. The van der Waals surface area contributed by atoms with Crippen molar-refractivity contribution in [3.05, 3.63) is 90.0 Å². The first kappa shape index (κ1) is 31.1. The van der Waals surface area contributed by atoms with Crippen LogP contribution in [0.2, 0.25) is 0 Å². The molecule has 4 rings (SSSR count). The van der Waals surface area contributed by atoms with Crippen LogP contribution in [0.4, 0.5) is 17.6 Å². The van der Waals surface area contributed by atoms with Crippen LogP contribution in [-0.2, 0) is 4.79 Å². The summed E-state index contributed by atoms with van der Waals surface area (Å²) < 4.78 is 75.4. The number of benzene rings is 3. The second kappa shape index (κ2) is 14.9. The lowest BCUT2D eigenvalue weighted by Crippen LogP contribution is -2.26. The summed E-state index contributed by atoms with van der Waals surface area (Å²) >= 11 is 0. The van der Waals surface area contributed by atoms with E-state index in [1.54, 1.807) is 42.5 Å². The van der Waals surface area contributed by atoms with Gasteiger partial charge in [-0.1, -0.05) is 43.7 Å². The standard InChI is InChI=1S/C34H36F4O4/c1-3-5-7-21-41-28-18-19-29(33(38)32(28)37)42-34(39)24-10-8-22(9-11-24)26-16-17-27(31(36)30(26)35)23-12-14-25(15-13-23)40-20-6-4-2/h3,12-19,22,24H,1,4-11,20-21H2,2H3. The van der Waals surface area contributed by atoms with Crippen LogP contribution in [0.25, 0.3) is 11.1 Å². The van der Waals surface area contributed by atoms with Crippen molar-refractivity contribution in [2.75, 3.05) is 13.2 Å². The maximum atomic E-state index is 15.2. The monoisotopic (exact) mass is 584 g/mol. The van der Waals surface area contributed by atoms with E-state index in [0.717, 1.165) is 18.9 Å². The quantitative estimate of drug-likeness (QED) is 0.0660. The van der Waals surface area contributed by atoms with E-state index in [0.29, 0.717) is 56.4 Å². The van der Waals surface area contributed by atoms with Crippen molar-refractivity contribution in [2.45, 2.75) is 64.2 Å². The highest BCUT2D eigenvalue weighted by atomic mass is 19.2. The number of rotatable bonds is 13. The molecule has 3 aromatic rings. The van der Waals surface area contributed by atoms with Crippen molar-refractivity contribution in [1.82, 2.24) is 0 Å². The van der Waals surface area contributed by atoms with Gasteiger partial charge < -0.3 is 14.2 Å². The van der Waals surface area contributed by atoms with E-state index in [1.807, 2.05) is 0 Å². The van der Waals surface area contributed by atoms with Gasteiger partial charge in [0.15, 0.2) is 23.1 Å². The molecule has 224 valence electrons. The molecule has 0 unspecified atom stereocenters. The predicted molar refractivity (Wildman–Crippen MR) is 154 cm³/mol. The van der Waals surface area contributed by atoms with Crippen LogP contribution in [0.3, 0.4) is 0 Å². The summed E-state index contributed by atoms with van der Waals surface area (Å²) in [5.41, 5.74) is 0.971. The molecule has 3 aromatic carbocycles. The molecule has 1 aliphatic rings. The highest BCUT2D eigenvalue weighted by Gasteiger charge is 2.31. The van der Waals surface area contributed by atoms with Crippen molar-refractivity contribution in [3.63, 3.8) is 0 Å². The molecular weight excluding hydrogens is 548 g/mol. The highest BCUT2D eigenvalue weighted by Crippen LogP contribution is 2.40. The first-order valence-electron chi connectivity index (χ1n) is 14.5. The average Bonchev–Trinajstić information content (AvgIpc) is 3.00. The maximum Gasteiger partial charge on any atom is 0.314 e. The molecule has 0 spiro atoms. The summed E-state index contributed by atoms with van der Waals surface area (Å²) in [6.45, 7) is 6.46. The minimum Gasteiger partial charge on any atom is -0.494 e. The highest BCUT2D eigenvalue weighted by molar-refractivity contribution is 5.75. The topological polar surface area (TPSA) is 44.8 Å². The molecule has 8 heteroatoms. The number of hydrogen-bond acceptors (Lipinski definition) is 4. The Labute approximate surface area is 244 Å². The van der Waals surface area contributed by atoms with Crippen LogP contribution in [0, 0.1) is 29.2 Å². The Hall–Kier alpha value is -3.81. The van der Waals surface area contributed by atoms with E-state index in [1.165, 1.54) is 6.07 Å². The van der Waals surface area contributed by atoms with Crippen LogP contribution in [0.5, 0.6) is 17.2 Å². The normalized spacial score (nSPS) is 16.6. The summed E-state index contributed by atoms with van der Waals surface area (Å²) in [5, 5.41) is 0. The predicted octanol–water partition coefficient (Wildman–Crippen LogP) is 9.31. The van der Waals surface area contributed by atoms with Gasteiger partial charge in [-0.25, -0.2) is 8.78 Å². The van der Waals surface area contributed by atoms with Crippen LogP contribution < -0.4 is 14.2 Å². The van der Waals surface area contributed by atoms with Crippen molar-refractivity contribution < 1.29 is 36.6 Å². The molecule has 1 fully saturated rings. The van der Waals surface area contributed by atoms with Gasteiger partial charge in [0.05, 0.1) is 19.1 Å². The first-order valence-corrected chi connectivity index (χ1v) is 14.5. The van der Waals surface area contributed by atoms with E-state index < -0.39 is 40.9 Å². The lowest BCUT2D eigenvalue weighted by Gasteiger charge is -2.28. The van der Waals surface area contributed by atoms with E-state index in [2.05, 4.69) is 13.5 Å². The van der Waals surface area contributed by atoms with Crippen molar-refractivity contribution in [2.24, 2.45) is 5.92 Å². The molecule has 0 N–H and O–H groups in total. The lowest BCUT2D eigenvalue weighted by atomic mass is 9.78. The van der Waals surface area contributed by atoms with E-state index in [4.69, 9.17) is 14.2 Å². The summed E-state index contributed by atoms with van der Waals surface area (Å²) in [5.74, 6) is -5.96. The van der Waals surface area contributed by atoms with Crippen molar-refractivity contribution >= 4 is 5.97 Å². The van der Waals surface area contributed by atoms with Crippen molar-refractivity contribution in [1.29, 1.82) is 0 Å². The second-order valence-corrected chi connectivity index (χ2v) is 10.5. The van der Waals surface area contributed by atoms with Gasteiger partial charge in [-0.05, 0) is 86.3 Å². The van der Waals surface area contributed by atoms with Crippen LogP contribution in [-0.4, -0.2) is 19.2 Å². The Morgan fingerprint density at radius 3 is 2.17 bits per heavy atom. The molecule has 0 amide bonds. The molecule has 1 saturated carbocycles. The van der Waals surface area contributed by atoms with Gasteiger partial charge in [0.25, 0.3) is 0 Å². The summed E-state index contributed by atoms with van der Waals surface area (Å²) in [6.07, 6.45) is 6.48. The molecule has 1 aliphatic carbocycles. The Balaban J connectivity index is 1.34. The first-order chi connectivity index (χ1) is 20.3. The minimum absolute atomic E-state index is 0.163. The average molecular weight is 585 g/mol. The zero-order chi connectivity index (χ0) is 30.1. The van der Waals surface area contributed by atoms with Crippen molar-refractivity contribution in [3.8, 4) is 28.4 Å². The van der Waals surface area contributed by atoms with Gasteiger partial charge in [-0.3, -0.25) is 4.79 Å². The van der Waals surface area contributed by atoms with Gasteiger partial charge in [0.2, 0.25) is 11.6 Å². The third-order valence-electron chi connectivity index (χ3n) is 7.58. The number of carbonyl (C=O) groups is 1. The van der Waals surface area contributed by atoms with Crippen LogP contribution in [0.15, 0.2) is 61.2 Å². The maximum absolute atomic E-state index is 15.2. The molecule has 0 aliphatic heterocycles. The molecule has 0 saturated heterocycles. The zero-order valence-electron chi connectivity index (χ0n) is 23.8. The Bertz CT molecular complexity index is 1360. The fourth-order valence-electron chi connectivity index (χ4n) is 5.11. The smallest absolute Gasteiger partial charge is 0.314 e. The SMILES string of the molecule is C=CCCCOc1ccc(OC(=O)C2CCC(c3ccc(-c4ccc(OCCCC)cc4)c(F)c3F)CC2)c(F)c1F. The summed E-state index contributed by atoms with van der Waals surface area (Å²) in [4.78, 5) is 12.7. The minimum atomic E-state index is -1.30. The van der Waals surface area contributed by atoms with Gasteiger partial charge in [0.1, 0.15) is 5.75 Å². The number of halogens is 4. The zero-order valence-corrected chi connectivity index (χ0v) is 23.8. The number of unbranched alkanes of at least 4 members (excludes halogenated alkanes) is 2. The van der Waals surface area contributed by atoms with E-state index >= 15 is 8.78 Å². The molecule has 0 heterocycles. The van der Waals surface area contributed by atoms with Gasteiger partial charge in [-0.2, -0.15) is 8.78 Å². The van der Waals surface area contributed by atoms with Crippen LogP contribution >= 0.6 is 0 Å². The molecule has 0 atom stereocenters. The Morgan fingerprint density at radius 1 is 0.810 bits per heavy atom.